The van der Waals surface area contributed by atoms with Gasteiger partial charge < -0.3 is 49.4 Å². The lowest BCUT2D eigenvalue weighted by Crippen LogP contribution is -2.60. The number of ether oxygens (including phenoxy) is 4. The van der Waals surface area contributed by atoms with Crippen molar-refractivity contribution < 1.29 is 49.3 Å². The summed E-state index contributed by atoms with van der Waals surface area (Å²) >= 11 is 0. The third-order valence-corrected chi connectivity index (χ3v) is 7.70. The first-order chi connectivity index (χ1) is 17.3. The fourth-order valence-electron chi connectivity index (χ4n) is 5.75. The van der Waals surface area contributed by atoms with Gasteiger partial charge in [-0.15, -0.1) is 6.58 Å². The van der Waals surface area contributed by atoms with Crippen LogP contribution in [0.15, 0.2) is 36.6 Å². The summed E-state index contributed by atoms with van der Waals surface area (Å²) < 4.78 is 22.4. The molecule has 1 aromatic carbocycles. The van der Waals surface area contributed by atoms with Crippen LogP contribution in [0.2, 0.25) is 0 Å². The Kier molecular flexibility index (Phi) is 6.70. The number of methoxy groups -OCH3 is 1. The zero-order chi connectivity index (χ0) is 25.7. The summed E-state index contributed by atoms with van der Waals surface area (Å²) in [6, 6.07) is 3.22. The van der Waals surface area contributed by atoms with Crippen molar-refractivity contribution >= 4 is 5.91 Å². The summed E-state index contributed by atoms with van der Waals surface area (Å²) in [5, 5.41) is 50.9. The zero-order valence-electron chi connectivity index (χ0n) is 19.8. The average Bonchev–Trinajstić information content (AvgIpc) is 2.88. The Morgan fingerprint density at radius 1 is 1.19 bits per heavy atom. The Morgan fingerprint density at radius 2 is 1.97 bits per heavy atom. The highest BCUT2D eigenvalue weighted by Gasteiger charge is 2.51. The molecule has 0 unspecified atom stereocenters. The number of aliphatic hydroxyl groups is 4. The minimum Gasteiger partial charge on any atom is -0.504 e. The van der Waals surface area contributed by atoms with Gasteiger partial charge in [0.1, 0.15) is 24.4 Å². The van der Waals surface area contributed by atoms with Crippen LogP contribution in [0.4, 0.5) is 0 Å². The summed E-state index contributed by atoms with van der Waals surface area (Å²) in [6.07, 6.45) is -4.27. The molecule has 36 heavy (non-hydrogen) atoms. The second kappa shape index (κ2) is 9.66. The minimum absolute atomic E-state index is 0.0151. The van der Waals surface area contributed by atoms with Crippen LogP contribution < -0.4 is 4.74 Å². The molecule has 9 atom stereocenters. The molecule has 0 spiro atoms. The number of aromatic hydroxyl groups is 1. The molecule has 5 N–H and O–H groups in total. The molecule has 1 aromatic rings. The van der Waals surface area contributed by atoms with E-state index < -0.39 is 55.6 Å². The zero-order valence-corrected chi connectivity index (χ0v) is 19.8. The number of aliphatic hydroxyl groups excluding tert-OH is 4. The SMILES string of the molecule is C=C[C@H]1[C@H](O[C@@H]2O[C@H](CO)[C@@H](O)[C@H](O)[C@H]2O)OC=C2C(=O)N3CCc4ccc(OC)c(O)c4[C@H]3C[C@H]21. The van der Waals surface area contributed by atoms with E-state index in [9.17, 15) is 30.3 Å². The Bertz CT molecular complexity index is 1060. The van der Waals surface area contributed by atoms with E-state index in [4.69, 9.17) is 18.9 Å². The van der Waals surface area contributed by atoms with Gasteiger partial charge in [0.15, 0.2) is 17.8 Å². The molecule has 4 aliphatic rings. The van der Waals surface area contributed by atoms with E-state index in [1.165, 1.54) is 13.4 Å². The highest BCUT2D eigenvalue weighted by molar-refractivity contribution is 5.95. The number of phenolic OH excluding ortho intramolecular Hbond substituents is 1. The van der Waals surface area contributed by atoms with Crippen LogP contribution in [0.1, 0.15) is 23.6 Å². The van der Waals surface area contributed by atoms with Gasteiger partial charge in [-0.1, -0.05) is 12.1 Å². The van der Waals surface area contributed by atoms with E-state index in [0.717, 1.165) is 5.56 Å². The number of amides is 1. The number of fused-ring (bicyclic) bond motifs is 4. The van der Waals surface area contributed by atoms with Crippen LogP contribution in [-0.4, -0.2) is 93.6 Å². The van der Waals surface area contributed by atoms with Gasteiger partial charge in [-0.3, -0.25) is 4.79 Å². The fraction of sp³-hybridized carbons (Fsp3) is 0.560. The van der Waals surface area contributed by atoms with Crippen LogP contribution >= 0.6 is 0 Å². The van der Waals surface area contributed by atoms with Crippen LogP contribution in [0, 0.1) is 11.8 Å². The average molecular weight is 506 g/mol. The number of phenols is 1. The third kappa shape index (κ3) is 3.87. The van der Waals surface area contributed by atoms with E-state index in [1.54, 1.807) is 17.0 Å². The van der Waals surface area contributed by atoms with E-state index in [-0.39, 0.29) is 17.6 Å². The van der Waals surface area contributed by atoms with Gasteiger partial charge in [0, 0.05) is 23.9 Å². The molecule has 11 nitrogen and oxygen atoms in total. The van der Waals surface area contributed by atoms with Crippen molar-refractivity contribution in [3.8, 4) is 11.5 Å². The summed E-state index contributed by atoms with van der Waals surface area (Å²) in [6.45, 7) is 3.80. The molecule has 2 fully saturated rings. The lowest BCUT2D eigenvalue weighted by Gasteiger charge is -2.48. The normalized spacial score (nSPS) is 37.7. The van der Waals surface area contributed by atoms with Crippen molar-refractivity contribution in [3.05, 3.63) is 47.7 Å². The summed E-state index contributed by atoms with van der Waals surface area (Å²) in [7, 11) is 1.47. The molecular formula is C25H31NO10. The smallest absolute Gasteiger partial charge is 0.253 e. The highest BCUT2D eigenvalue weighted by Crippen LogP contribution is 2.51. The van der Waals surface area contributed by atoms with Gasteiger partial charge in [0.2, 0.25) is 6.29 Å². The van der Waals surface area contributed by atoms with Crippen LogP contribution in [-0.2, 0) is 25.4 Å². The van der Waals surface area contributed by atoms with Crippen LogP contribution in [0.3, 0.4) is 0 Å². The fourth-order valence-corrected chi connectivity index (χ4v) is 5.75. The van der Waals surface area contributed by atoms with E-state index >= 15 is 0 Å². The number of hydrogen-bond donors (Lipinski definition) is 5. The maximum absolute atomic E-state index is 13.5. The standard InChI is InChI=1S/C25H31NO10/c1-3-12-13-8-15-18-11(4-5-16(33-2)19(18)28)6-7-26(15)23(32)14(13)10-34-24(12)36-25-22(31)21(30)20(29)17(9-27)35-25/h3-5,10,12-13,15,17,20-22,24-25,27-31H,1,6-9H2,2H3/t12-,13+,15-,17-,20-,21+,22-,24+,25+/m1/s1. The number of carbonyl (C=O) groups is 1. The predicted octanol–water partition coefficient (Wildman–Crippen LogP) is -0.295. The molecule has 0 bridgehead atoms. The van der Waals surface area contributed by atoms with E-state index in [2.05, 4.69) is 6.58 Å². The molecule has 1 amide bonds. The van der Waals surface area contributed by atoms with E-state index in [1.807, 2.05) is 6.07 Å². The van der Waals surface area contributed by atoms with Crippen molar-refractivity contribution in [2.24, 2.45) is 11.8 Å². The van der Waals surface area contributed by atoms with Gasteiger partial charge in [-0.25, -0.2) is 0 Å². The lowest BCUT2D eigenvalue weighted by molar-refractivity contribution is -0.339. The largest absolute Gasteiger partial charge is 0.504 e. The van der Waals surface area contributed by atoms with Crippen molar-refractivity contribution in [1.29, 1.82) is 0 Å². The lowest BCUT2D eigenvalue weighted by atomic mass is 9.73. The second-order valence-electron chi connectivity index (χ2n) is 9.52. The van der Waals surface area contributed by atoms with Crippen molar-refractivity contribution in [1.82, 2.24) is 4.90 Å². The first-order valence-corrected chi connectivity index (χ1v) is 11.9. The van der Waals surface area contributed by atoms with Crippen LogP contribution in [0.5, 0.6) is 11.5 Å². The van der Waals surface area contributed by atoms with E-state index in [0.29, 0.717) is 36.3 Å². The Labute approximate surface area is 207 Å². The van der Waals surface area contributed by atoms with Gasteiger partial charge >= 0.3 is 0 Å². The maximum Gasteiger partial charge on any atom is 0.253 e. The first kappa shape index (κ1) is 25.0. The van der Waals surface area contributed by atoms with Gasteiger partial charge in [-0.2, -0.15) is 0 Å². The number of rotatable bonds is 5. The predicted molar refractivity (Wildman–Crippen MR) is 122 cm³/mol. The van der Waals surface area contributed by atoms with Crippen LogP contribution in [0.25, 0.3) is 0 Å². The molecule has 0 saturated carbocycles. The molecular weight excluding hydrogens is 474 g/mol. The Hall–Kier alpha value is -2.67. The van der Waals surface area contributed by atoms with Gasteiger partial charge in [-0.05, 0) is 24.5 Å². The minimum atomic E-state index is -1.60. The monoisotopic (exact) mass is 505 g/mol. The molecule has 2 saturated heterocycles. The number of carbonyl (C=O) groups excluding carboxylic acids is 1. The molecule has 0 aliphatic carbocycles. The number of nitrogens with zero attached hydrogens (tertiary/aromatic N) is 1. The molecule has 4 aliphatic heterocycles. The topological polar surface area (TPSA) is 158 Å². The quantitative estimate of drug-likeness (QED) is 0.337. The van der Waals surface area contributed by atoms with Crippen molar-refractivity contribution in [2.45, 2.75) is 55.9 Å². The molecule has 4 heterocycles. The second-order valence-corrected chi connectivity index (χ2v) is 9.52. The first-order valence-electron chi connectivity index (χ1n) is 11.9. The number of hydrogen-bond acceptors (Lipinski definition) is 10. The molecule has 0 aromatic heterocycles. The molecule has 5 rings (SSSR count). The number of piperidine rings is 1. The molecule has 11 heteroatoms. The number of benzene rings is 1. The van der Waals surface area contributed by atoms with Crippen molar-refractivity contribution in [3.63, 3.8) is 0 Å². The molecule has 196 valence electrons. The summed E-state index contributed by atoms with van der Waals surface area (Å²) in [4.78, 5) is 15.2. The highest BCUT2D eigenvalue weighted by atomic mass is 16.8. The van der Waals surface area contributed by atoms with Gasteiger partial charge in [0.05, 0.1) is 31.6 Å². The Morgan fingerprint density at radius 3 is 2.67 bits per heavy atom. The Balaban J connectivity index is 1.43. The summed E-state index contributed by atoms with van der Waals surface area (Å²) in [5.74, 6) is -0.776. The van der Waals surface area contributed by atoms with Crippen molar-refractivity contribution in [2.75, 3.05) is 20.3 Å². The third-order valence-electron chi connectivity index (χ3n) is 7.70. The maximum atomic E-state index is 13.5. The summed E-state index contributed by atoms with van der Waals surface area (Å²) in [5.41, 5.74) is 2.07. The van der Waals surface area contributed by atoms with Gasteiger partial charge in [0.25, 0.3) is 5.91 Å². The molecule has 0 radical (unpaired) electrons.